The van der Waals surface area contributed by atoms with Crippen molar-refractivity contribution in [3.05, 3.63) is 83.0 Å². The number of hydrogen-bond donors (Lipinski definition) is 0. The molecule has 2 fully saturated rings. The fourth-order valence-electron chi connectivity index (χ4n) is 6.30. The van der Waals surface area contributed by atoms with Crippen LogP contribution < -0.4 is 9.64 Å². The lowest BCUT2D eigenvalue weighted by Gasteiger charge is -2.33. The van der Waals surface area contributed by atoms with Crippen LogP contribution >= 0.6 is 11.6 Å². The van der Waals surface area contributed by atoms with E-state index in [-0.39, 0.29) is 17.2 Å². The molecule has 4 heterocycles. The zero-order chi connectivity index (χ0) is 27.2. The van der Waals surface area contributed by atoms with Gasteiger partial charge in [0.2, 0.25) is 0 Å². The third-order valence-corrected chi connectivity index (χ3v) is 8.57. The third kappa shape index (κ3) is 4.62. The van der Waals surface area contributed by atoms with Crippen molar-refractivity contribution in [2.75, 3.05) is 24.6 Å². The molecule has 0 N–H and O–H groups in total. The highest BCUT2D eigenvalue weighted by molar-refractivity contribution is 6.36. The van der Waals surface area contributed by atoms with E-state index < -0.39 is 5.82 Å². The summed E-state index contributed by atoms with van der Waals surface area (Å²) in [7, 11) is 0. The average Bonchev–Trinajstić information content (AvgIpc) is 3.31. The van der Waals surface area contributed by atoms with Gasteiger partial charge < -0.3 is 9.64 Å². The van der Waals surface area contributed by atoms with Crippen molar-refractivity contribution in [3.63, 3.8) is 0 Å². The average molecular weight is 554 g/mol. The highest BCUT2D eigenvalue weighted by Crippen LogP contribution is 2.41. The van der Waals surface area contributed by atoms with Gasteiger partial charge in [-0.2, -0.15) is 9.97 Å². The maximum Gasteiger partial charge on any atom is 0.319 e. The van der Waals surface area contributed by atoms with Crippen molar-refractivity contribution < 1.29 is 9.13 Å². The van der Waals surface area contributed by atoms with Crippen molar-refractivity contribution in [2.24, 2.45) is 11.8 Å². The largest absolute Gasteiger partial charge is 0.463 e. The molecule has 2 bridgehead atoms. The number of hydrogen-bond acceptors (Lipinski definition) is 6. The van der Waals surface area contributed by atoms with E-state index in [1.807, 2.05) is 61.7 Å². The molecule has 40 heavy (non-hydrogen) atoms. The highest BCUT2D eigenvalue weighted by atomic mass is 35.5. The maximum absolute atomic E-state index is 16.5. The Morgan fingerprint density at radius 2 is 1.77 bits per heavy atom. The van der Waals surface area contributed by atoms with E-state index in [9.17, 15) is 0 Å². The molecule has 5 aromatic rings. The van der Waals surface area contributed by atoms with E-state index in [1.165, 1.54) is 19.3 Å². The SMILES string of the molecule is Cc1ccc(CCOc2nc(N3CC4CCC(C4)C3)c3cnc(-c4cccc5cccc(Cl)c45)c(F)c3n2)cn1. The minimum Gasteiger partial charge on any atom is -0.463 e. The number of halogens is 2. The number of nitrogens with zero attached hydrogens (tertiary/aromatic N) is 5. The Labute approximate surface area is 237 Å². The van der Waals surface area contributed by atoms with Crippen molar-refractivity contribution in [2.45, 2.75) is 32.6 Å². The van der Waals surface area contributed by atoms with Crippen LogP contribution in [0.4, 0.5) is 10.2 Å². The molecule has 1 saturated heterocycles. The molecule has 6 nitrogen and oxygen atoms in total. The maximum atomic E-state index is 16.5. The minimum absolute atomic E-state index is 0.174. The van der Waals surface area contributed by atoms with Crippen LogP contribution in [0.1, 0.15) is 30.5 Å². The van der Waals surface area contributed by atoms with E-state index in [0.717, 1.165) is 35.1 Å². The summed E-state index contributed by atoms with van der Waals surface area (Å²) in [4.78, 5) is 20.7. The fraction of sp³-hybridized carbons (Fsp3) is 0.312. The van der Waals surface area contributed by atoms with Crippen LogP contribution in [0.3, 0.4) is 0 Å². The summed E-state index contributed by atoms with van der Waals surface area (Å²) >= 11 is 6.58. The molecular weight excluding hydrogens is 525 g/mol. The van der Waals surface area contributed by atoms with Gasteiger partial charge >= 0.3 is 6.01 Å². The van der Waals surface area contributed by atoms with E-state index in [1.54, 1.807) is 6.20 Å². The van der Waals surface area contributed by atoms with E-state index >= 15 is 4.39 Å². The second-order valence-corrected chi connectivity index (χ2v) is 11.4. The van der Waals surface area contributed by atoms with Crippen LogP contribution in [-0.2, 0) is 6.42 Å². The van der Waals surface area contributed by atoms with Crippen LogP contribution in [0.15, 0.2) is 60.9 Å². The fourth-order valence-corrected chi connectivity index (χ4v) is 6.58. The molecule has 0 amide bonds. The summed E-state index contributed by atoms with van der Waals surface area (Å²) in [5.74, 6) is 1.47. The predicted molar refractivity (Wildman–Crippen MR) is 156 cm³/mol. The first-order chi connectivity index (χ1) is 19.5. The van der Waals surface area contributed by atoms with Crippen LogP contribution in [0.2, 0.25) is 5.02 Å². The number of aromatic nitrogens is 4. The van der Waals surface area contributed by atoms with Crippen molar-refractivity contribution in [3.8, 4) is 17.3 Å². The summed E-state index contributed by atoms with van der Waals surface area (Å²) in [6.45, 7) is 4.12. The summed E-state index contributed by atoms with van der Waals surface area (Å²) in [6.07, 6.45) is 7.93. The number of pyridine rings is 2. The van der Waals surface area contributed by atoms with Crippen LogP contribution in [0.5, 0.6) is 6.01 Å². The molecule has 8 heteroatoms. The molecule has 1 aliphatic heterocycles. The predicted octanol–water partition coefficient (Wildman–Crippen LogP) is 7.20. The Bertz CT molecular complexity index is 1710. The Morgan fingerprint density at radius 3 is 2.55 bits per heavy atom. The summed E-state index contributed by atoms with van der Waals surface area (Å²) in [5.41, 5.74) is 3.09. The second-order valence-electron chi connectivity index (χ2n) is 11.0. The first-order valence-electron chi connectivity index (χ1n) is 13.9. The number of rotatable bonds is 6. The number of piperidine rings is 1. The van der Waals surface area contributed by atoms with Gasteiger partial charge in [-0.15, -0.1) is 0 Å². The minimum atomic E-state index is -0.499. The smallest absolute Gasteiger partial charge is 0.319 e. The zero-order valence-corrected chi connectivity index (χ0v) is 23.0. The van der Waals surface area contributed by atoms with Gasteiger partial charge in [-0.3, -0.25) is 9.97 Å². The first-order valence-corrected chi connectivity index (χ1v) is 14.2. The van der Waals surface area contributed by atoms with Crippen molar-refractivity contribution in [1.82, 2.24) is 19.9 Å². The zero-order valence-electron chi connectivity index (χ0n) is 22.3. The van der Waals surface area contributed by atoms with Gasteiger partial charge in [0.15, 0.2) is 5.82 Å². The van der Waals surface area contributed by atoms with Gasteiger partial charge in [-0.05, 0) is 61.1 Å². The lowest BCUT2D eigenvalue weighted by atomic mass is 9.98. The molecule has 1 saturated carbocycles. The summed E-state index contributed by atoms with van der Waals surface area (Å²) in [6, 6.07) is 15.6. The third-order valence-electron chi connectivity index (χ3n) is 8.25. The number of aryl methyl sites for hydroxylation is 1. The van der Waals surface area contributed by atoms with Gasteiger partial charge in [0.05, 0.1) is 12.0 Å². The molecule has 0 spiro atoms. The van der Waals surface area contributed by atoms with E-state index in [2.05, 4.69) is 19.9 Å². The van der Waals surface area contributed by atoms with Crippen LogP contribution in [0, 0.1) is 24.6 Å². The highest BCUT2D eigenvalue weighted by Gasteiger charge is 2.34. The summed E-state index contributed by atoms with van der Waals surface area (Å²) < 4.78 is 22.5. The number of anilines is 1. The van der Waals surface area contributed by atoms with Crippen molar-refractivity contribution in [1.29, 1.82) is 0 Å². The normalized spacial score (nSPS) is 18.5. The standard InChI is InChI=1S/C32H29ClFN5O/c1-19-8-9-20(15-35-19)12-13-40-32-37-30-25(31(38-32)39-17-21-10-11-22(14-21)18-39)16-36-29(28(30)34)24-6-2-4-23-5-3-7-26(33)27(23)24/h2-9,15-16,21-22H,10-14,17-18H2,1H3. The summed E-state index contributed by atoms with van der Waals surface area (Å²) in [5, 5.41) is 2.84. The molecular formula is C32H29ClFN5O. The van der Waals surface area contributed by atoms with Gasteiger partial charge in [0, 0.05) is 53.6 Å². The Balaban J connectivity index is 1.31. The van der Waals surface area contributed by atoms with Gasteiger partial charge in [-0.1, -0.05) is 48.0 Å². The molecule has 2 atom stereocenters. The number of ether oxygens (including phenoxy) is 1. The van der Waals surface area contributed by atoms with E-state index in [4.69, 9.17) is 21.3 Å². The monoisotopic (exact) mass is 553 g/mol. The van der Waals surface area contributed by atoms with Crippen LogP contribution in [0.25, 0.3) is 32.9 Å². The molecule has 2 aliphatic rings. The Kier molecular flexibility index (Phi) is 6.47. The van der Waals surface area contributed by atoms with Gasteiger partial charge in [-0.25, -0.2) is 4.39 Å². The second kappa shape index (κ2) is 10.3. The topological polar surface area (TPSA) is 64.0 Å². The van der Waals surface area contributed by atoms with E-state index in [0.29, 0.717) is 46.7 Å². The molecule has 7 rings (SSSR count). The lowest BCUT2D eigenvalue weighted by Crippen LogP contribution is -2.37. The lowest BCUT2D eigenvalue weighted by molar-refractivity contribution is 0.296. The van der Waals surface area contributed by atoms with Gasteiger partial charge in [0.1, 0.15) is 17.0 Å². The molecule has 0 radical (unpaired) electrons. The van der Waals surface area contributed by atoms with Crippen molar-refractivity contribution >= 4 is 39.1 Å². The molecule has 3 aromatic heterocycles. The molecule has 2 unspecified atom stereocenters. The first kappa shape index (κ1) is 25.1. The quantitative estimate of drug-likeness (QED) is 0.221. The molecule has 2 aromatic carbocycles. The van der Waals surface area contributed by atoms with Crippen LogP contribution in [-0.4, -0.2) is 39.6 Å². The van der Waals surface area contributed by atoms with Gasteiger partial charge in [0.25, 0.3) is 0 Å². The Morgan fingerprint density at radius 1 is 0.975 bits per heavy atom. The molecule has 1 aliphatic carbocycles. The Hall–Kier alpha value is -3.84. The molecule has 202 valence electrons. The number of benzene rings is 2. The number of fused-ring (bicyclic) bond motifs is 4.